The Morgan fingerprint density at radius 3 is 2.61 bits per heavy atom. The van der Waals surface area contributed by atoms with Crippen molar-refractivity contribution < 1.29 is 23.6 Å². The molecule has 6 heteroatoms. The van der Waals surface area contributed by atoms with Gasteiger partial charge in [-0.15, -0.1) is 0 Å². The highest BCUT2D eigenvalue weighted by Crippen LogP contribution is 2.13. The van der Waals surface area contributed by atoms with Crippen LogP contribution in [0.4, 0.5) is 0 Å². The largest absolute Gasteiger partial charge is 0.469 e. The predicted octanol–water partition coefficient (Wildman–Crippen LogP) is 1.74. The van der Waals surface area contributed by atoms with Gasteiger partial charge in [-0.2, -0.15) is 0 Å². The van der Waals surface area contributed by atoms with Crippen molar-refractivity contribution in [3.05, 3.63) is 17.5 Å². The number of aryl methyl sites for hydroxylation is 1. The molecule has 0 saturated heterocycles. The zero-order valence-electron chi connectivity index (χ0n) is 11.0. The fourth-order valence-electron chi connectivity index (χ4n) is 1.19. The molecule has 6 nitrogen and oxygen atoms in total. The number of carbonyl (C=O) groups is 2. The van der Waals surface area contributed by atoms with Gasteiger partial charge in [0.2, 0.25) is 5.76 Å². The summed E-state index contributed by atoms with van der Waals surface area (Å²) in [6.45, 7) is 5.29. The third-order valence-electron chi connectivity index (χ3n) is 1.97. The van der Waals surface area contributed by atoms with Crippen LogP contribution in [0.15, 0.2) is 10.6 Å². The van der Waals surface area contributed by atoms with E-state index in [2.05, 4.69) is 9.89 Å². The number of methoxy groups -OCH3 is 1. The van der Waals surface area contributed by atoms with Crippen molar-refractivity contribution in [3.8, 4) is 0 Å². The molecule has 1 aromatic heterocycles. The average molecular weight is 255 g/mol. The fourth-order valence-corrected chi connectivity index (χ4v) is 1.19. The van der Waals surface area contributed by atoms with Crippen LogP contribution in [0.5, 0.6) is 0 Å². The zero-order chi connectivity index (χ0) is 13.8. The normalized spacial score (nSPS) is 11.1. The molecular weight excluding hydrogens is 238 g/mol. The molecule has 0 N–H and O–H groups in total. The molecule has 0 radical (unpaired) electrons. The van der Waals surface area contributed by atoms with E-state index >= 15 is 0 Å². The monoisotopic (exact) mass is 255 g/mol. The van der Waals surface area contributed by atoms with Gasteiger partial charge in [-0.3, -0.25) is 4.79 Å². The molecular formula is C12H17NO5. The Labute approximate surface area is 105 Å². The molecule has 0 unspecified atom stereocenters. The van der Waals surface area contributed by atoms with Crippen molar-refractivity contribution in [2.75, 3.05) is 7.11 Å². The van der Waals surface area contributed by atoms with E-state index in [1.165, 1.54) is 13.2 Å². The van der Waals surface area contributed by atoms with Crippen LogP contribution < -0.4 is 0 Å². The first-order chi connectivity index (χ1) is 8.31. The van der Waals surface area contributed by atoms with E-state index in [1.807, 2.05) is 0 Å². The van der Waals surface area contributed by atoms with Crippen molar-refractivity contribution in [3.63, 3.8) is 0 Å². The molecule has 0 aliphatic rings. The Balaban J connectivity index is 2.58. The van der Waals surface area contributed by atoms with Crippen molar-refractivity contribution in [1.82, 2.24) is 5.16 Å². The Morgan fingerprint density at radius 1 is 1.39 bits per heavy atom. The third-order valence-corrected chi connectivity index (χ3v) is 1.97. The molecule has 0 spiro atoms. The van der Waals surface area contributed by atoms with Gasteiger partial charge in [0.15, 0.2) is 0 Å². The van der Waals surface area contributed by atoms with Crippen LogP contribution in [0, 0.1) is 0 Å². The Hall–Kier alpha value is -1.85. The van der Waals surface area contributed by atoms with Gasteiger partial charge < -0.3 is 14.0 Å². The molecule has 0 aliphatic carbocycles. The molecule has 1 rings (SSSR count). The van der Waals surface area contributed by atoms with E-state index in [1.54, 1.807) is 20.8 Å². The summed E-state index contributed by atoms with van der Waals surface area (Å²) in [7, 11) is 1.32. The minimum atomic E-state index is -0.587. The second-order valence-corrected chi connectivity index (χ2v) is 4.76. The standard InChI is InChI=1S/C12H17NO5/c1-12(2,3)17-11(15)9-7-8(13-18-9)5-6-10(14)16-4/h7H,5-6H2,1-4H3. The maximum Gasteiger partial charge on any atom is 0.377 e. The van der Waals surface area contributed by atoms with E-state index in [9.17, 15) is 9.59 Å². The minimum absolute atomic E-state index is 0.0322. The third kappa shape index (κ3) is 4.57. The maximum atomic E-state index is 11.6. The molecule has 0 aliphatic heterocycles. The maximum absolute atomic E-state index is 11.6. The van der Waals surface area contributed by atoms with Crippen LogP contribution in [0.3, 0.4) is 0 Å². The highest BCUT2D eigenvalue weighted by molar-refractivity contribution is 5.86. The lowest BCUT2D eigenvalue weighted by Crippen LogP contribution is -2.23. The number of nitrogens with zero attached hydrogens (tertiary/aromatic N) is 1. The molecule has 100 valence electrons. The smallest absolute Gasteiger partial charge is 0.377 e. The first-order valence-corrected chi connectivity index (χ1v) is 5.57. The summed E-state index contributed by atoms with van der Waals surface area (Å²) in [4.78, 5) is 22.6. The van der Waals surface area contributed by atoms with Gasteiger partial charge in [-0.1, -0.05) is 5.16 Å². The van der Waals surface area contributed by atoms with Gasteiger partial charge in [0.25, 0.3) is 0 Å². The number of hydrogen-bond acceptors (Lipinski definition) is 6. The summed E-state index contributed by atoms with van der Waals surface area (Å²) < 4.78 is 14.5. The Kier molecular flexibility index (Phi) is 4.47. The van der Waals surface area contributed by atoms with Gasteiger partial charge >= 0.3 is 11.9 Å². The summed E-state index contributed by atoms with van der Waals surface area (Å²) in [5.74, 6) is -0.874. The molecule has 0 bridgehead atoms. The van der Waals surface area contributed by atoms with E-state index in [0.717, 1.165) is 0 Å². The van der Waals surface area contributed by atoms with E-state index in [4.69, 9.17) is 9.26 Å². The summed E-state index contributed by atoms with van der Waals surface area (Å²) in [6.07, 6.45) is 0.551. The first kappa shape index (κ1) is 14.2. The van der Waals surface area contributed by atoms with Gasteiger partial charge in [-0.25, -0.2) is 4.79 Å². The molecule has 18 heavy (non-hydrogen) atoms. The summed E-state index contributed by atoms with van der Waals surface area (Å²) in [6, 6.07) is 1.47. The molecule has 0 saturated carbocycles. The molecule has 1 heterocycles. The Bertz CT molecular complexity index is 430. The Morgan fingerprint density at radius 2 is 2.06 bits per heavy atom. The number of rotatable bonds is 4. The number of ether oxygens (including phenoxy) is 2. The van der Waals surface area contributed by atoms with Crippen molar-refractivity contribution in [1.29, 1.82) is 0 Å². The zero-order valence-corrected chi connectivity index (χ0v) is 11.0. The molecule has 0 aromatic carbocycles. The van der Waals surface area contributed by atoms with Crippen LogP contribution in [0.2, 0.25) is 0 Å². The molecule has 1 aromatic rings. The highest BCUT2D eigenvalue weighted by Gasteiger charge is 2.21. The van der Waals surface area contributed by atoms with Gasteiger partial charge in [0.1, 0.15) is 5.60 Å². The molecule has 0 atom stereocenters. The van der Waals surface area contributed by atoms with Crippen LogP contribution in [-0.4, -0.2) is 29.8 Å². The second kappa shape index (κ2) is 5.66. The highest BCUT2D eigenvalue weighted by atomic mass is 16.6. The van der Waals surface area contributed by atoms with Gasteiger partial charge in [0.05, 0.1) is 19.2 Å². The number of carbonyl (C=O) groups excluding carboxylic acids is 2. The average Bonchev–Trinajstić information content (AvgIpc) is 2.72. The molecule has 0 fully saturated rings. The summed E-state index contributed by atoms with van der Waals surface area (Å²) in [5.41, 5.74) is -0.0722. The van der Waals surface area contributed by atoms with Crippen LogP contribution in [-0.2, 0) is 20.7 Å². The van der Waals surface area contributed by atoms with Gasteiger partial charge in [0, 0.05) is 12.5 Å². The SMILES string of the molecule is COC(=O)CCc1cc(C(=O)OC(C)(C)C)on1. The van der Waals surface area contributed by atoms with E-state index < -0.39 is 11.6 Å². The predicted molar refractivity (Wildman–Crippen MR) is 62.0 cm³/mol. The summed E-state index contributed by atoms with van der Waals surface area (Å²) >= 11 is 0. The fraction of sp³-hybridized carbons (Fsp3) is 0.583. The van der Waals surface area contributed by atoms with E-state index in [0.29, 0.717) is 12.1 Å². The lowest BCUT2D eigenvalue weighted by Gasteiger charge is -2.17. The lowest BCUT2D eigenvalue weighted by molar-refractivity contribution is -0.140. The minimum Gasteiger partial charge on any atom is -0.469 e. The summed E-state index contributed by atoms with van der Waals surface area (Å²) in [5, 5.41) is 3.69. The quantitative estimate of drug-likeness (QED) is 0.762. The molecule has 0 amide bonds. The second-order valence-electron chi connectivity index (χ2n) is 4.76. The number of aromatic nitrogens is 1. The number of hydrogen-bond donors (Lipinski definition) is 0. The lowest BCUT2D eigenvalue weighted by atomic mass is 10.2. The van der Waals surface area contributed by atoms with Crippen LogP contribution >= 0.6 is 0 Å². The van der Waals surface area contributed by atoms with Crippen molar-refractivity contribution in [2.24, 2.45) is 0 Å². The first-order valence-electron chi connectivity index (χ1n) is 5.57. The van der Waals surface area contributed by atoms with Gasteiger partial charge in [-0.05, 0) is 20.8 Å². The van der Waals surface area contributed by atoms with Crippen LogP contribution in [0.1, 0.15) is 43.4 Å². The van der Waals surface area contributed by atoms with Crippen molar-refractivity contribution in [2.45, 2.75) is 39.2 Å². The van der Waals surface area contributed by atoms with E-state index in [-0.39, 0.29) is 18.2 Å². The number of esters is 2. The van der Waals surface area contributed by atoms with Crippen LogP contribution in [0.25, 0.3) is 0 Å². The topological polar surface area (TPSA) is 78.6 Å². The van der Waals surface area contributed by atoms with Crippen molar-refractivity contribution >= 4 is 11.9 Å².